The second-order valence-electron chi connectivity index (χ2n) is 4.31. The molecule has 2 amide bonds. The SMILES string of the molecule is O=C(NCc1ccc(F)cc1)C(=O)NCc1ccccn1. The third-order valence-electron chi connectivity index (χ3n) is 2.73. The molecule has 1 aromatic heterocycles. The fourth-order valence-corrected chi connectivity index (χ4v) is 1.62. The first kappa shape index (κ1) is 14.6. The third kappa shape index (κ3) is 4.68. The maximum Gasteiger partial charge on any atom is 0.309 e. The molecular weight excluding hydrogens is 273 g/mol. The van der Waals surface area contributed by atoms with Gasteiger partial charge >= 0.3 is 11.8 Å². The summed E-state index contributed by atoms with van der Waals surface area (Å²) in [5.74, 6) is -1.82. The van der Waals surface area contributed by atoms with Gasteiger partial charge in [-0.1, -0.05) is 18.2 Å². The van der Waals surface area contributed by atoms with E-state index in [0.29, 0.717) is 11.3 Å². The van der Waals surface area contributed by atoms with Gasteiger partial charge in [0.2, 0.25) is 0 Å². The summed E-state index contributed by atoms with van der Waals surface area (Å²) in [6.45, 7) is 0.347. The second-order valence-corrected chi connectivity index (χ2v) is 4.31. The Balaban J connectivity index is 1.77. The van der Waals surface area contributed by atoms with E-state index in [-0.39, 0.29) is 18.9 Å². The van der Waals surface area contributed by atoms with E-state index >= 15 is 0 Å². The van der Waals surface area contributed by atoms with Gasteiger partial charge in [0.1, 0.15) is 5.82 Å². The van der Waals surface area contributed by atoms with Gasteiger partial charge in [0.25, 0.3) is 0 Å². The molecule has 0 spiro atoms. The van der Waals surface area contributed by atoms with Gasteiger partial charge in [-0.15, -0.1) is 0 Å². The Bertz CT molecular complexity index is 615. The quantitative estimate of drug-likeness (QED) is 0.829. The van der Waals surface area contributed by atoms with Crippen LogP contribution in [0.25, 0.3) is 0 Å². The lowest BCUT2D eigenvalue weighted by Crippen LogP contribution is -2.39. The molecule has 1 aromatic carbocycles. The highest BCUT2D eigenvalue weighted by Gasteiger charge is 2.12. The van der Waals surface area contributed by atoms with Gasteiger partial charge in [-0.25, -0.2) is 4.39 Å². The molecular formula is C15H14FN3O2. The maximum absolute atomic E-state index is 12.7. The van der Waals surface area contributed by atoms with Gasteiger partial charge in [-0.2, -0.15) is 0 Å². The molecule has 0 aliphatic heterocycles. The Hall–Kier alpha value is -2.76. The first-order valence-corrected chi connectivity index (χ1v) is 6.35. The van der Waals surface area contributed by atoms with Crippen molar-refractivity contribution >= 4 is 11.8 Å². The van der Waals surface area contributed by atoms with Crippen LogP contribution in [0.4, 0.5) is 4.39 Å². The van der Waals surface area contributed by atoms with Gasteiger partial charge in [-0.05, 0) is 29.8 Å². The lowest BCUT2D eigenvalue weighted by Gasteiger charge is -2.06. The molecule has 0 saturated heterocycles. The summed E-state index contributed by atoms with van der Waals surface area (Å²) in [5, 5.41) is 4.93. The van der Waals surface area contributed by atoms with E-state index in [1.54, 1.807) is 36.5 Å². The predicted molar refractivity (Wildman–Crippen MR) is 74.3 cm³/mol. The summed E-state index contributed by atoms with van der Waals surface area (Å²) in [6.07, 6.45) is 1.61. The highest BCUT2D eigenvalue weighted by Crippen LogP contribution is 2.01. The summed E-state index contributed by atoms with van der Waals surface area (Å²) >= 11 is 0. The minimum Gasteiger partial charge on any atom is -0.344 e. The zero-order chi connectivity index (χ0) is 15.1. The van der Waals surface area contributed by atoms with Gasteiger partial charge in [0.15, 0.2) is 0 Å². The van der Waals surface area contributed by atoms with Crippen molar-refractivity contribution in [2.75, 3.05) is 0 Å². The van der Waals surface area contributed by atoms with Crippen LogP contribution in [0.3, 0.4) is 0 Å². The molecule has 0 radical (unpaired) electrons. The van der Waals surface area contributed by atoms with E-state index in [2.05, 4.69) is 15.6 Å². The molecule has 0 saturated carbocycles. The van der Waals surface area contributed by atoms with E-state index in [1.807, 2.05) is 0 Å². The maximum atomic E-state index is 12.7. The standard InChI is InChI=1S/C15H14FN3O2/c16-12-6-4-11(5-7-12)9-18-14(20)15(21)19-10-13-3-1-2-8-17-13/h1-8H,9-10H2,(H,18,20)(H,19,21). The molecule has 1 heterocycles. The van der Waals surface area contributed by atoms with Crippen LogP contribution in [-0.2, 0) is 22.7 Å². The fourth-order valence-electron chi connectivity index (χ4n) is 1.62. The van der Waals surface area contributed by atoms with Crippen LogP contribution in [0.5, 0.6) is 0 Å². The molecule has 2 aromatic rings. The van der Waals surface area contributed by atoms with Crippen molar-refractivity contribution in [3.8, 4) is 0 Å². The smallest absolute Gasteiger partial charge is 0.309 e. The van der Waals surface area contributed by atoms with Crippen molar-refractivity contribution in [1.29, 1.82) is 0 Å². The zero-order valence-electron chi connectivity index (χ0n) is 11.2. The van der Waals surface area contributed by atoms with Crippen LogP contribution in [0.2, 0.25) is 0 Å². The molecule has 0 unspecified atom stereocenters. The molecule has 0 aliphatic carbocycles. The number of hydrogen-bond acceptors (Lipinski definition) is 3. The van der Waals surface area contributed by atoms with Crippen molar-refractivity contribution in [3.05, 3.63) is 65.7 Å². The number of benzene rings is 1. The molecule has 2 N–H and O–H groups in total. The van der Waals surface area contributed by atoms with Crippen molar-refractivity contribution in [1.82, 2.24) is 15.6 Å². The normalized spacial score (nSPS) is 9.95. The van der Waals surface area contributed by atoms with E-state index in [0.717, 1.165) is 0 Å². The van der Waals surface area contributed by atoms with Crippen LogP contribution in [0.15, 0.2) is 48.7 Å². The van der Waals surface area contributed by atoms with Crippen molar-refractivity contribution in [3.63, 3.8) is 0 Å². The number of halogens is 1. The van der Waals surface area contributed by atoms with Crippen molar-refractivity contribution in [2.45, 2.75) is 13.1 Å². The van der Waals surface area contributed by atoms with Crippen molar-refractivity contribution in [2.24, 2.45) is 0 Å². The molecule has 5 nitrogen and oxygen atoms in total. The Morgan fingerprint density at radius 3 is 2.24 bits per heavy atom. The highest BCUT2D eigenvalue weighted by atomic mass is 19.1. The minimum atomic E-state index is -0.741. The average Bonchev–Trinajstić information content (AvgIpc) is 2.52. The molecule has 108 valence electrons. The Labute approximate surface area is 121 Å². The van der Waals surface area contributed by atoms with Gasteiger partial charge in [-0.3, -0.25) is 14.6 Å². The fraction of sp³-hybridized carbons (Fsp3) is 0.133. The van der Waals surface area contributed by atoms with Crippen LogP contribution in [0, 0.1) is 5.82 Å². The molecule has 0 atom stereocenters. The summed E-state index contributed by atoms with van der Waals surface area (Å²) in [5.41, 5.74) is 1.37. The zero-order valence-corrected chi connectivity index (χ0v) is 11.2. The summed E-state index contributed by atoms with van der Waals surface area (Å²) in [7, 11) is 0. The first-order valence-electron chi connectivity index (χ1n) is 6.35. The topological polar surface area (TPSA) is 71.1 Å². The molecule has 2 rings (SSSR count). The van der Waals surface area contributed by atoms with E-state index in [1.165, 1.54) is 12.1 Å². The van der Waals surface area contributed by atoms with Gasteiger partial charge in [0.05, 0.1) is 12.2 Å². The van der Waals surface area contributed by atoms with Crippen LogP contribution < -0.4 is 10.6 Å². The Kier molecular flexibility index (Phi) is 4.98. The number of amides is 2. The Morgan fingerprint density at radius 1 is 0.952 bits per heavy atom. The van der Waals surface area contributed by atoms with Crippen LogP contribution >= 0.6 is 0 Å². The minimum absolute atomic E-state index is 0.163. The molecule has 0 bridgehead atoms. The van der Waals surface area contributed by atoms with Crippen LogP contribution in [0.1, 0.15) is 11.3 Å². The summed E-state index contributed by atoms with van der Waals surface area (Å²) in [6, 6.07) is 11.0. The van der Waals surface area contributed by atoms with E-state index in [9.17, 15) is 14.0 Å². The number of pyridine rings is 1. The lowest BCUT2D eigenvalue weighted by molar-refractivity contribution is -0.139. The molecule has 0 aliphatic rings. The van der Waals surface area contributed by atoms with Crippen molar-refractivity contribution < 1.29 is 14.0 Å². The Morgan fingerprint density at radius 2 is 1.62 bits per heavy atom. The number of nitrogens with zero attached hydrogens (tertiary/aromatic N) is 1. The third-order valence-corrected chi connectivity index (χ3v) is 2.73. The number of hydrogen-bond donors (Lipinski definition) is 2. The molecule has 0 fully saturated rings. The molecule has 21 heavy (non-hydrogen) atoms. The molecule has 6 heteroatoms. The number of rotatable bonds is 4. The first-order chi connectivity index (χ1) is 10.1. The number of nitrogens with one attached hydrogen (secondary N) is 2. The summed E-state index contributed by atoms with van der Waals surface area (Å²) in [4.78, 5) is 27.2. The predicted octanol–water partition coefficient (Wildman–Crippen LogP) is 1.15. The average molecular weight is 287 g/mol. The van der Waals surface area contributed by atoms with Gasteiger partial charge in [0, 0.05) is 12.7 Å². The summed E-state index contributed by atoms with van der Waals surface area (Å²) < 4.78 is 12.7. The second kappa shape index (κ2) is 7.14. The monoisotopic (exact) mass is 287 g/mol. The van der Waals surface area contributed by atoms with E-state index in [4.69, 9.17) is 0 Å². The van der Waals surface area contributed by atoms with Crippen LogP contribution in [-0.4, -0.2) is 16.8 Å². The highest BCUT2D eigenvalue weighted by molar-refractivity contribution is 6.35. The number of carbonyl (C=O) groups excluding carboxylic acids is 2. The largest absolute Gasteiger partial charge is 0.344 e. The lowest BCUT2D eigenvalue weighted by atomic mass is 10.2. The number of aromatic nitrogens is 1. The number of carbonyl (C=O) groups is 2. The van der Waals surface area contributed by atoms with E-state index < -0.39 is 11.8 Å². The van der Waals surface area contributed by atoms with Gasteiger partial charge < -0.3 is 10.6 Å².